The molecule has 130 valence electrons. The zero-order valence-electron chi connectivity index (χ0n) is 13.8. The number of carbonyl (C=O) groups is 3. The standard InChI is InChI=1S/C16H19ClN2O4S/c1-15(2,3)19-12(20)9-10(13(19)21)16(4,14(22)23)18-11(9)7-5-6-8(17)24-7/h5-6,9-11,18H,1-4H3,(H,22,23). The molecular formula is C16H19ClN2O4S. The van der Waals surface area contributed by atoms with Crippen LogP contribution in [0.5, 0.6) is 0 Å². The van der Waals surface area contributed by atoms with Crippen LogP contribution in [0.3, 0.4) is 0 Å². The van der Waals surface area contributed by atoms with Crippen molar-refractivity contribution in [3.8, 4) is 0 Å². The van der Waals surface area contributed by atoms with Gasteiger partial charge in [0.2, 0.25) is 11.8 Å². The van der Waals surface area contributed by atoms with Crippen molar-refractivity contribution in [1.82, 2.24) is 10.2 Å². The number of carboxylic acid groups (broad SMARTS) is 1. The fourth-order valence-corrected chi connectivity index (χ4v) is 4.90. The van der Waals surface area contributed by atoms with E-state index in [-0.39, 0.29) is 5.91 Å². The average Bonchev–Trinajstić information content (AvgIpc) is 3.05. The molecule has 1 aromatic heterocycles. The minimum Gasteiger partial charge on any atom is -0.480 e. The summed E-state index contributed by atoms with van der Waals surface area (Å²) in [4.78, 5) is 39.8. The largest absolute Gasteiger partial charge is 0.480 e. The normalized spacial score (nSPS) is 33.2. The van der Waals surface area contributed by atoms with E-state index in [9.17, 15) is 19.5 Å². The number of rotatable bonds is 2. The summed E-state index contributed by atoms with van der Waals surface area (Å²) in [6, 6.07) is 2.93. The third-order valence-corrected chi connectivity index (χ3v) is 6.12. The van der Waals surface area contributed by atoms with Crippen molar-refractivity contribution in [2.75, 3.05) is 0 Å². The fourth-order valence-electron chi connectivity index (χ4n) is 3.74. The van der Waals surface area contributed by atoms with Crippen LogP contribution in [-0.2, 0) is 14.4 Å². The number of halogens is 1. The summed E-state index contributed by atoms with van der Waals surface area (Å²) >= 11 is 7.28. The van der Waals surface area contributed by atoms with Gasteiger partial charge in [0.1, 0.15) is 5.54 Å². The maximum Gasteiger partial charge on any atom is 0.324 e. The molecule has 2 aliphatic heterocycles. The van der Waals surface area contributed by atoms with Gasteiger partial charge >= 0.3 is 5.97 Å². The van der Waals surface area contributed by atoms with Gasteiger partial charge < -0.3 is 5.11 Å². The van der Waals surface area contributed by atoms with Crippen molar-refractivity contribution < 1.29 is 19.5 Å². The van der Waals surface area contributed by atoms with Gasteiger partial charge in [0.25, 0.3) is 0 Å². The molecule has 3 rings (SSSR count). The van der Waals surface area contributed by atoms with Crippen molar-refractivity contribution in [1.29, 1.82) is 0 Å². The number of likely N-dealkylation sites (tertiary alicyclic amines) is 1. The Bertz CT molecular complexity index is 741. The molecule has 1 aromatic rings. The molecule has 3 heterocycles. The van der Waals surface area contributed by atoms with Crippen molar-refractivity contribution >= 4 is 40.7 Å². The molecule has 2 amide bonds. The number of carboxylic acids is 1. The van der Waals surface area contributed by atoms with Gasteiger partial charge in [-0.25, -0.2) is 0 Å². The number of carbonyl (C=O) groups excluding carboxylic acids is 2. The molecule has 2 N–H and O–H groups in total. The molecule has 4 unspecified atom stereocenters. The van der Waals surface area contributed by atoms with Gasteiger partial charge in [-0.1, -0.05) is 11.6 Å². The lowest BCUT2D eigenvalue weighted by molar-refractivity contribution is -0.152. The summed E-state index contributed by atoms with van der Waals surface area (Å²) in [6.07, 6.45) is 0. The van der Waals surface area contributed by atoms with E-state index in [4.69, 9.17) is 11.6 Å². The Labute approximate surface area is 148 Å². The zero-order chi connectivity index (χ0) is 18.0. The topological polar surface area (TPSA) is 86.7 Å². The lowest BCUT2D eigenvalue weighted by Gasteiger charge is -2.33. The average molecular weight is 371 g/mol. The van der Waals surface area contributed by atoms with Crippen LogP contribution in [0.2, 0.25) is 4.34 Å². The van der Waals surface area contributed by atoms with E-state index in [1.165, 1.54) is 23.2 Å². The van der Waals surface area contributed by atoms with Crippen molar-refractivity contribution in [3.63, 3.8) is 0 Å². The van der Waals surface area contributed by atoms with Crippen LogP contribution in [0, 0.1) is 11.8 Å². The van der Waals surface area contributed by atoms with E-state index in [0.717, 1.165) is 4.88 Å². The first-order chi connectivity index (χ1) is 11.0. The molecule has 0 saturated carbocycles. The van der Waals surface area contributed by atoms with Gasteiger partial charge in [-0.15, -0.1) is 11.3 Å². The molecule has 0 aliphatic carbocycles. The number of nitrogens with zero attached hydrogens (tertiary/aromatic N) is 1. The lowest BCUT2D eigenvalue weighted by atomic mass is 9.81. The summed E-state index contributed by atoms with van der Waals surface area (Å²) in [7, 11) is 0. The third-order valence-electron chi connectivity index (χ3n) is 4.80. The van der Waals surface area contributed by atoms with Crippen molar-refractivity contribution in [2.45, 2.75) is 44.8 Å². The number of aliphatic carboxylic acids is 1. The van der Waals surface area contributed by atoms with E-state index in [0.29, 0.717) is 4.34 Å². The highest BCUT2D eigenvalue weighted by Gasteiger charge is 2.68. The Morgan fingerprint density at radius 2 is 1.96 bits per heavy atom. The molecule has 0 bridgehead atoms. The predicted octanol–water partition coefficient (Wildman–Crippen LogP) is 2.29. The number of hydrogen-bond acceptors (Lipinski definition) is 5. The molecule has 0 aromatic carbocycles. The van der Waals surface area contributed by atoms with Crippen LogP contribution in [0.25, 0.3) is 0 Å². The fraction of sp³-hybridized carbons (Fsp3) is 0.562. The monoisotopic (exact) mass is 370 g/mol. The summed E-state index contributed by atoms with van der Waals surface area (Å²) in [6.45, 7) is 6.78. The van der Waals surface area contributed by atoms with Gasteiger partial charge in [-0.05, 0) is 39.8 Å². The highest BCUT2D eigenvalue weighted by Crippen LogP contribution is 2.51. The number of imide groups is 1. The Morgan fingerprint density at radius 1 is 1.33 bits per heavy atom. The Kier molecular flexibility index (Phi) is 3.82. The Morgan fingerprint density at radius 3 is 2.42 bits per heavy atom. The van der Waals surface area contributed by atoms with Crippen LogP contribution in [-0.4, -0.2) is 38.9 Å². The maximum absolute atomic E-state index is 13.0. The van der Waals surface area contributed by atoms with Gasteiger partial charge in [0.05, 0.1) is 22.2 Å². The van der Waals surface area contributed by atoms with Crippen molar-refractivity contribution in [2.24, 2.45) is 11.8 Å². The second-order valence-electron chi connectivity index (χ2n) is 7.46. The van der Waals surface area contributed by atoms with Gasteiger partial charge in [-0.3, -0.25) is 24.6 Å². The lowest BCUT2D eigenvalue weighted by Crippen LogP contribution is -2.55. The van der Waals surface area contributed by atoms with Crippen LogP contribution >= 0.6 is 22.9 Å². The summed E-state index contributed by atoms with van der Waals surface area (Å²) in [5.74, 6) is -3.58. The minimum absolute atomic E-state index is 0.329. The van der Waals surface area contributed by atoms with E-state index >= 15 is 0 Å². The predicted molar refractivity (Wildman–Crippen MR) is 89.8 cm³/mol. The molecule has 0 spiro atoms. The number of nitrogens with one attached hydrogen (secondary N) is 1. The SMILES string of the molecule is CC1(C(=O)O)NC(c2ccc(Cl)s2)C2C(=O)N(C(C)(C)C)C(=O)C21. The molecule has 6 nitrogen and oxygen atoms in total. The Hall–Kier alpha value is -1.44. The number of amides is 2. The van der Waals surface area contributed by atoms with Crippen LogP contribution in [0.15, 0.2) is 12.1 Å². The second-order valence-corrected chi connectivity index (χ2v) is 9.20. The number of fused-ring (bicyclic) bond motifs is 1. The molecule has 0 radical (unpaired) electrons. The summed E-state index contributed by atoms with van der Waals surface area (Å²) in [5, 5.41) is 12.7. The van der Waals surface area contributed by atoms with E-state index < -0.39 is 40.8 Å². The molecule has 2 saturated heterocycles. The van der Waals surface area contributed by atoms with Gasteiger partial charge in [0.15, 0.2) is 0 Å². The Balaban J connectivity index is 2.13. The third kappa shape index (κ3) is 2.29. The van der Waals surface area contributed by atoms with Gasteiger partial charge in [-0.2, -0.15) is 0 Å². The second kappa shape index (κ2) is 5.28. The molecule has 2 fully saturated rings. The molecule has 24 heavy (non-hydrogen) atoms. The summed E-state index contributed by atoms with van der Waals surface area (Å²) in [5.41, 5.74) is -2.20. The first-order valence-corrected chi connectivity index (χ1v) is 8.82. The zero-order valence-corrected chi connectivity index (χ0v) is 15.4. The van der Waals surface area contributed by atoms with Crippen LogP contribution in [0.1, 0.15) is 38.6 Å². The van der Waals surface area contributed by atoms with E-state index in [1.807, 2.05) is 0 Å². The van der Waals surface area contributed by atoms with Crippen molar-refractivity contribution in [3.05, 3.63) is 21.3 Å². The van der Waals surface area contributed by atoms with Crippen LogP contribution in [0.4, 0.5) is 0 Å². The molecular weight excluding hydrogens is 352 g/mol. The molecule has 4 atom stereocenters. The maximum atomic E-state index is 13.0. The number of thiophene rings is 1. The van der Waals surface area contributed by atoms with Crippen LogP contribution < -0.4 is 5.32 Å². The number of hydrogen-bond donors (Lipinski definition) is 2. The summed E-state index contributed by atoms with van der Waals surface area (Å²) < 4.78 is 0.553. The van der Waals surface area contributed by atoms with E-state index in [1.54, 1.807) is 32.9 Å². The van der Waals surface area contributed by atoms with Gasteiger partial charge in [0, 0.05) is 10.4 Å². The molecule has 2 aliphatic rings. The first kappa shape index (κ1) is 17.4. The minimum atomic E-state index is -1.50. The smallest absolute Gasteiger partial charge is 0.324 e. The molecule has 8 heteroatoms. The first-order valence-electron chi connectivity index (χ1n) is 7.62. The highest BCUT2D eigenvalue weighted by molar-refractivity contribution is 7.16. The van der Waals surface area contributed by atoms with E-state index in [2.05, 4.69) is 5.32 Å². The quantitative estimate of drug-likeness (QED) is 0.780. The highest BCUT2D eigenvalue weighted by atomic mass is 35.5.